The van der Waals surface area contributed by atoms with E-state index in [1.807, 2.05) is 48.7 Å². The quantitative estimate of drug-likeness (QED) is 0.144. The number of fused-ring (bicyclic) bond motifs is 5. The van der Waals surface area contributed by atoms with Crippen molar-refractivity contribution >= 4 is 21.8 Å². The number of hydrogen-bond donors (Lipinski definition) is 0. The third kappa shape index (κ3) is 7.06. The molecule has 1 unspecified atom stereocenters. The first kappa shape index (κ1) is 43.2. The zero-order valence-corrected chi connectivity index (χ0v) is 40.3. The highest BCUT2D eigenvalue weighted by Crippen LogP contribution is 2.59. The van der Waals surface area contributed by atoms with Gasteiger partial charge in [0.1, 0.15) is 5.69 Å². The summed E-state index contributed by atoms with van der Waals surface area (Å²) in [5.74, 6) is 2.72. The fraction of sp³-hybridized carbons (Fsp3) is 0.0441. The molecule has 12 aromatic rings. The fourth-order valence-corrected chi connectivity index (χ4v) is 11.6. The van der Waals surface area contributed by atoms with Crippen LogP contribution in [0.25, 0.3) is 107 Å². The molecule has 74 heavy (non-hydrogen) atoms. The van der Waals surface area contributed by atoms with Crippen LogP contribution in [0.15, 0.2) is 261 Å². The van der Waals surface area contributed by atoms with Crippen LogP contribution in [0.3, 0.4) is 0 Å². The number of imidazole rings is 1. The van der Waals surface area contributed by atoms with E-state index in [0.29, 0.717) is 17.5 Å². The Morgan fingerprint density at radius 3 is 1.73 bits per heavy atom. The lowest BCUT2D eigenvalue weighted by atomic mass is 9.65. The maximum absolute atomic E-state index is 5.38. The number of para-hydroxylation sites is 2. The molecule has 9 aromatic carbocycles. The molecule has 2 aliphatic rings. The molecule has 6 nitrogen and oxygen atoms in total. The van der Waals surface area contributed by atoms with Crippen LogP contribution in [-0.2, 0) is 5.41 Å². The SMILES string of the molecule is C1=CCCC(C2(c3ccccc3)c3ccccc3-c3c(-c4nc(-c5ccccc5)nc(-c5ccc(-c6ccc(-c7ccc(-n8c(-c9ccccn9)nc9ccccc98)cc7)c7ccccc67)cc5)n4)cccc32)=C1. The van der Waals surface area contributed by atoms with E-state index in [4.69, 9.17) is 19.9 Å². The molecule has 0 amide bonds. The predicted molar refractivity (Wildman–Crippen MR) is 301 cm³/mol. The van der Waals surface area contributed by atoms with Gasteiger partial charge < -0.3 is 0 Å². The Morgan fingerprint density at radius 1 is 0.419 bits per heavy atom. The summed E-state index contributed by atoms with van der Waals surface area (Å²) in [6, 6.07) is 81.8. The second kappa shape index (κ2) is 17.9. The van der Waals surface area contributed by atoms with Crippen LogP contribution in [0.5, 0.6) is 0 Å². The van der Waals surface area contributed by atoms with Crippen LogP contribution in [0.4, 0.5) is 0 Å². The molecule has 14 rings (SSSR count). The van der Waals surface area contributed by atoms with E-state index >= 15 is 0 Å². The normalized spacial score (nSPS) is 14.7. The summed E-state index contributed by atoms with van der Waals surface area (Å²) in [4.78, 5) is 25.5. The zero-order valence-electron chi connectivity index (χ0n) is 40.3. The topological polar surface area (TPSA) is 69.4 Å². The molecule has 2 aliphatic carbocycles. The van der Waals surface area contributed by atoms with Gasteiger partial charge in [0.25, 0.3) is 0 Å². The first-order valence-corrected chi connectivity index (χ1v) is 25.3. The average molecular weight is 947 g/mol. The van der Waals surface area contributed by atoms with Crippen molar-refractivity contribution in [2.45, 2.75) is 18.3 Å². The van der Waals surface area contributed by atoms with Crippen molar-refractivity contribution < 1.29 is 0 Å². The molecule has 3 heterocycles. The van der Waals surface area contributed by atoms with Gasteiger partial charge >= 0.3 is 0 Å². The number of aromatic nitrogens is 6. The number of rotatable bonds is 9. The zero-order chi connectivity index (χ0) is 49.0. The number of allylic oxidation sites excluding steroid dienone is 4. The second-order valence-electron chi connectivity index (χ2n) is 19.0. The van der Waals surface area contributed by atoms with Gasteiger partial charge in [-0.15, -0.1) is 0 Å². The summed E-state index contributed by atoms with van der Waals surface area (Å²) in [6.45, 7) is 0. The van der Waals surface area contributed by atoms with Gasteiger partial charge in [-0.25, -0.2) is 19.9 Å². The largest absolute Gasteiger partial charge is 0.291 e. The summed E-state index contributed by atoms with van der Waals surface area (Å²) < 4.78 is 2.20. The van der Waals surface area contributed by atoms with Gasteiger partial charge in [0.05, 0.1) is 16.4 Å². The molecule has 0 fully saturated rings. The summed E-state index contributed by atoms with van der Waals surface area (Å²) in [6.07, 6.45) is 10.6. The minimum atomic E-state index is -0.462. The summed E-state index contributed by atoms with van der Waals surface area (Å²) in [5.41, 5.74) is 18.3. The van der Waals surface area contributed by atoms with Gasteiger partial charge in [-0.2, -0.15) is 0 Å². The number of nitrogens with zero attached hydrogens (tertiary/aromatic N) is 6. The Hall–Kier alpha value is -9.65. The van der Waals surface area contributed by atoms with E-state index in [9.17, 15) is 0 Å². The van der Waals surface area contributed by atoms with E-state index in [-0.39, 0.29) is 0 Å². The molecule has 0 N–H and O–H groups in total. The smallest absolute Gasteiger partial charge is 0.164 e. The molecule has 0 bridgehead atoms. The lowest BCUT2D eigenvalue weighted by molar-refractivity contribution is 0.693. The molecule has 0 spiro atoms. The Kier molecular flexibility index (Phi) is 10.4. The molecular weight excluding hydrogens is 901 g/mol. The van der Waals surface area contributed by atoms with Crippen molar-refractivity contribution in [3.8, 4) is 84.7 Å². The van der Waals surface area contributed by atoms with Gasteiger partial charge in [-0.05, 0) is 110 Å². The van der Waals surface area contributed by atoms with E-state index in [1.54, 1.807) is 0 Å². The number of pyridine rings is 1. The molecule has 348 valence electrons. The highest BCUT2D eigenvalue weighted by molar-refractivity contribution is 6.05. The van der Waals surface area contributed by atoms with Crippen LogP contribution in [0.1, 0.15) is 29.5 Å². The molecule has 0 saturated carbocycles. The van der Waals surface area contributed by atoms with Crippen LogP contribution >= 0.6 is 0 Å². The maximum Gasteiger partial charge on any atom is 0.164 e. The van der Waals surface area contributed by atoms with E-state index in [1.165, 1.54) is 49.7 Å². The lowest BCUT2D eigenvalue weighted by Gasteiger charge is -2.36. The minimum absolute atomic E-state index is 0.462. The molecule has 0 saturated heterocycles. The molecule has 0 radical (unpaired) electrons. The average Bonchev–Trinajstić information content (AvgIpc) is 4.11. The number of benzene rings is 9. The van der Waals surface area contributed by atoms with Gasteiger partial charge in [0, 0.05) is 28.6 Å². The van der Waals surface area contributed by atoms with Crippen molar-refractivity contribution in [3.05, 3.63) is 277 Å². The predicted octanol–water partition coefficient (Wildman–Crippen LogP) is 16.4. The van der Waals surface area contributed by atoms with Crippen molar-refractivity contribution in [3.63, 3.8) is 0 Å². The first-order chi connectivity index (χ1) is 36.7. The highest BCUT2D eigenvalue weighted by Gasteiger charge is 2.48. The third-order valence-corrected chi connectivity index (χ3v) is 14.9. The van der Waals surface area contributed by atoms with E-state index < -0.39 is 5.41 Å². The Morgan fingerprint density at radius 2 is 1.01 bits per heavy atom. The number of hydrogen-bond acceptors (Lipinski definition) is 5. The molecule has 1 atom stereocenters. The van der Waals surface area contributed by atoms with Crippen LogP contribution in [-0.4, -0.2) is 29.5 Å². The first-order valence-electron chi connectivity index (χ1n) is 25.3. The van der Waals surface area contributed by atoms with Crippen molar-refractivity contribution in [2.24, 2.45) is 0 Å². The Balaban J connectivity index is 0.848. The lowest BCUT2D eigenvalue weighted by Crippen LogP contribution is -2.30. The Labute approximate surface area is 429 Å². The van der Waals surface area contributed by atoms with Crippen molar-refractivity contribution in [1.82, 2.24) is 29.5 Å². The van der Waals surface area contributed by atoms with Crippen molar-refractivity contribution in [1.29, 1.82) is 0 Å². The Bertz CT molecular complexity index is 4160. The van der Waals surface area contributed by atoms with Crippen molar-refractivity contribution in [2.75, 3.05) is 0 Å². The summed E-state index contributed by atoms with van der Waals surface area (Å²) in [5, 5.41) is 2.36. The third-order valence-electron chi connectivity index (χ3n) is 14.9. The molecular formula is C68H46N6. The summed E-state index contributed by atoms with van der Waals surface area (Å²) in [7, 11) is 0. The molecule has 6 heteroatoms. The molecule has 3 aromatic heterocycles. The van der Waals surface area contributed by atoms with Gasteiger partial charge in [0.15, 0.2) is 23.3 Å². The van der Waals surface area contributed by atoms with E-state index in [0.717, 1.165) is 74.5 Å². The van der Waals surface area contributed by atoms with Crippen LogP contribution < -0.4 is 0 Å². The molecule has 0 aliphatic heterocycles. The highest BCUT2D eigenvalue weighted by atomic mass is 15.1. The minimum Gasteiger partial charge on any atom is -0.291 e. The fourth-order valence-electron chi connectivity index (χ4n) is 11.6. The van der Waals surface area contributed by atoms with Gasteiger partial charge in [-0.3, -0.25) is 9.55 Å². The maximum atomic E-state index is 5.38. The monoisotopic (exact) mass is 946 g/mol. The summed E-state index contributed by atoms with van der Waals surface area (Å²) >= 11 is 0. The standard InChI is InChI=1S/C68H46N6/c1-4-19-47(20-5-1)64-71-65(73-66(72-64)57-28-18-30-59-63(57)56-27-12-13-29-58(56)68(59,49-21-6-2-7-22-49)50-23-8-3-9-24-50)48-36-34-45(35-37-48)52-42-43-53(55-26-11-10-25-54(52)55)46-38-40-51(41-39-46)74-62-33-15-14-31-60(62)70-67(74)61-32-16-17-44-69-61/h1-8,10-23,25-44H,9,24H2. The van der Waals surface area contributed by atoms with Gasteiger partial charge in [-0.1, -0.05) is 218 Å². The van der Waals surface area contributed by atoms with Gasteiger partial charge in [0.2, 0.25) is 0 Å². The van der Waals surface area contributed by atoms with E-state index in [2.05, 4.69) is 216 Å². The van der Waals surface area contributed by atoms with Crippen LogP contribution in [0, 0.1) is 0 Å². The van der Waals surface area contributed by atoms with Crippen LogP contribution in [0.2, 0.25) is 0 Å². The second-order valence-corrected chi connectivity index (χ2v) is 19.0.